The van der Waals surface area contributed by atoms with Gasteiger partial charge in [-0.2, -0.15) is 8.42 Å². The molecule has 1 fully saturated rings. The van der Waals surface area contributed by atoms with Gasteiger partial charge in [-0.1, -0.05) is 12.5 Å². The Morgan fingerprint density at radius 3 is 3.00 bits per heavy atom. The van der Waals surface area contributed by atoms with Gasteiger partial charge in [-0.3, -0.25) is 14.6 Å². The first-order chi connectivity index (χ1) is 14.3. The Morgan fingerprint density at radius 2 is 2.20 bits per heavy atom. The Bertz CT molecular complexity index is 1070. The van der Waals surface area contributed by atoms with Crippen LogP contribution in [0.2, 0.25) is 0 Å². The summed E-state index contributed by atoms with van der Waals surface area (Å²) in [5.41, 5.74) is 8.32. The second kappa shape index (κ2) is 8.21. The predicted octanol–water partition coefficient (Wildman–Crippen LogP) is 1.69. The summed E-state index contributed by atoms with van der Waals surface area (Å²) in [6.45, 7) is 2.98. The largest absolute Gasteiger partial charge is 0.491 e. The van der Waals surface area contributed by atoms with E-state index in [1.807, 2.05) is 24.0 Å². The van der Waals surface area contributed by atoms with E-state index in [9.17, 15) is 13.5 Å². The van der Waals surface area contributed by atoms with Crippen LogP contribution in [0.3, 0.4) is 0 Å². The molecule has 2 aromatic rings. The monoisotopic (exact) mass is 431 g/mol. The lowest BCUT2D eigenvalue weighted by Gasteiger charge is -2.39. The lowest BCUT2D eigenvalue weighted by molar-refractivity contribution is -0.0542. The molecular weight excluding hydrogens is 406 g/mol. The zero-order valence-electron chi connectivity index (χ0n) is 16.7. The van der Waals surface area contributed by atoms with Gasteiger partial charge in [0.25, 0.3) is 0 Å². The van der Waals surface area contributed by atoms with Crippen LogP contribution in [0, 0.1) is 6.92 Å². The number of pyridine rings is 1. The fourth-order valence-corrected chi connectivity index (χ4v) is 4.81. The summed E-state index contributed by atoms with van der Waals surface area (Å²) in [6.07, 6.45) is 3.88. The number of nitrogens with zero attached hydrogens (tertiary/aromatic N) is 3. The number of benzene rings is 1. The summed E-state index contributed by atoms with van der Waals surface area (Å²) < 4.78 is 35.5. The molecule has 2 atom stereocenters. The van der Waals surface area contributed by atoms with Crippen LogP contribution in [0.5, 0.6) is 5.75 Å². The van der Waals surface area contributed by atoms with Crippen LogP contribution in [-0.4, -0.2) is 48.4 Å². The summed E-state index contributed by atoms with van der Waals surface area (Å²) in [5, 5.41) is 11.0. The number of aromatic nitrogens is 1. The van der Waals surface area contributed by atoms with Crippen molar-refractivity contribution < 1.29 is 18.3 Å². The molecule has 4 N–H and O–H groups in total. The van der Waals surface area contributed by atoms with Gasteiger partial charge in [0.15, 0.2) is 5.84 Å². The van der Waals surface area contributed by atoms with E-state index in [0.717, 1.165) is 37.1 Å². The number of ether oxygens (including phenoxy) is 1. The second-order valence-corrected chi connectivity index (χ2v) is 8.87. The lowest BCUT2D eigenvalue weighted by Crippen LogP contribution is -2.45. The number of aliphatic hydroxyl groups excluding tert-OH is 1. The second-order valence-electron chi connectivity index (χ2n) is 7.54. The number of aliphatic hydroxyl groups is 1. The standard InChI is InChI=1S/C20H25N5O4S/c1-13-11-14(8-9-22-13)20(26)25-10-3-2-5-15(25)12-29-17-7-4-6-16-18(17)19(21)24-30(27,28)23-16/h4,6-9,11,15,20,23,26H,2-3,5,10,12H2,1H3,(H2,21,24)/t15-,20?/m1/s1. The summed E-state index contributed by atoms with van der Waals surface area (Å²) >= 11 is 0. The molecule has 9 nitrogen and oxygen atoms in total. The number of piperidine rings is 1. The highest BCUT2D eigenvalue weighted by atomic mass is 32.2. The maximum Gasteiger partial charge on any atom is 0.344 e. The zero-order valence-corrected chi connectivity index (χ0v) is 17.5. The van der Waals surface area contributed by atoms with E-state index >= 15 is 0 Å². The highest BCUT2D eigenvalue weighted by Crippen LogP contribution is 2.32. The number of aryl methyl sites for hydroxylation is 1. The SMILES string of the molecule is Cc1cc(C(O)N2CCCC[C@@H]2COc2cccc3c2C(N)=NS(=O)(=O)N3)ccn1. The zero-order chi connectivity index (χ0) is 21.3. The van der Waals surface area contributed by atoms with Crippen molar-refractivity contribution in [2.45, 2.75) is 38.5 Å². The molecule has 10 heteroatoms. The number of nitrogens with one attached hydrogen (secondary N) is 1. The number of likely N-dealkylation sites (tertiary alicyclic amines) is 1. The number of rotatable bonds is 5. The topological polar surface area (TPSA) is 130 Å². The molecule has 160 valence electrons. The Labute approximate surface area is 175 Å². The molecule has 1 aromatic carbocycles. The van der Waals surface area contributed by atoms with Crippen molar-refractivity contribution in [3.8, 4) is 5.75 Å². The third-order valence-electron chi connectivity index (χ3n) is 5.38. The fraction of sp³-hybridized carbons (Fsp3) is 0.400. The average Bonchev–Trinajstić information content (AvgIpc) is 2.70. The van der Waals surface area contributed by atoms with Crippen molar-refractivity contribution >= 4 is 21.7 Å². The van der Waals surface area contributed by atoms with Crippen LogP contribution < -0.4 is 15.2 Å². The molecule has 0 amide bonds. The van der Waals surface area contributed by atoms with Crippen LogP contribution in [0.4, 0.5) is 5.69 Å². The molecule has 0 bridgehead atoms. The van der Waals surface area contributed by atoms with E-state index in [0.29, 0.717) is 23.6 Å². The molecular formula is C20H25N5O4S. The third kappa shape index (κ3) is 4.25. The third-order valence-corrected chi connectivity index (χ3v) is 6.29. The van der Waals surface area contributed by atoms with Gasteiger partial charge < -0.3 is 15.6 Å². The minimum Gasteiger partial charge on any atom is -0.491 e. The van der Waals surface area contributed by atoms with E-state index in [1.165, 1.54) is 0 Å². The molecule has 0 aliphatic carbocycles. The highest BCUT2D eigenvalue weighted by molar-refractivity contribution is 7.91. The van der Waals surface area contributed by atoms with Gasteiger partial charge in [0, 0.05) is 24.5 Å². The Kier molecular flexibility index (Phi) is 5.63. The average molecular weight is 432 g/mol. The van der Waals surface area contributed by atoms with E-state index in [2.05, 4.69) is 14.1 Å². The van der Waals surface area contributed by atoms with Crippen LogP contribution in [0.25, 0.3) is 0 Å². The van der Waals surface area contributed by atoms with Crippen LogP contribution in [0.15, 0.2) is 40.9 Å². The molecule has 0 radical (unpaired) electrons. The quantitative estimate of drug-likeness (QED) is 0.657. The number of nitrogens with two attached hydrogens (primary N) is 1. The molecule has 3 heterocycles. The van der Waals surface area contributed by atoms with Gasteiger partial charge in [-0.25, -0.2) is 0 Å². The minimum absolute atomic E-state index is 0.00322. The van der Waals surface area contributed by atoms with Gasteiger partial charge in [-0.15, -0.1) is 4.40 Å². The Balaban J connectivity index is 1.53. The molecule has 1 aromatic heterocycles. The molecule has 0 saturated carbocycles. The normalized spacial score (nSPS) is 21.8. The first-order valence-corrected chi connectivity index (χ1v) is 11.3. The van der Waals surface area contributed by atoms with Crippen molar-refractivity contribution in [2.24, 2.45) is 10.1 Å². The molecule has 1 saturated heterocycles. The summed E-state index contributed by atoms with van der Waals surface area (Å²) in [7, 11) is -3.84. The number of amidine groups is 1. The van der Waals surface area contributed by atoms with Gasteiger partial charge in [0.1, 0.15) is 18.6 Å². The van der Waals surface area contributed by atoms with Crippen molar-refractivity contribution in [2.75, 3.05) is 17.9 Å². The summed E-state index contributed by atoms with van der Waals surface area (Å²) in [4.78, 5) is 6.23. The number of hydrogen-bond donors (Lipinski definition) is 3. The maximum atomic E-state index is 11.8. The van der Waals surface area contributed by atoms with Crippen LogP contribution in [-0.2, 0) is 10.2 Å². The van der Waals surface area contributed by atoms with E-state index < -0.39 is 16.4 Å². The summed E-state index contributed by atoms with van der Waals surface area (Å²) in [5.74, 6) is 0.350. The van der Waals surface area contributed by atoms with Gasteiger partial charge in [-0.05, 0) is 49.6 Å². The molecule has 4 rings (SSSR count). The van der Waals surface area contributed by atoms with Crippen molar-refractivity contribution in [3.63, 3.8) is 0 Å². The van der Waals surface area contributed by atoms with Gasteiger partial charge >= 0.3 is 10.2 Å². The molecule has 0 spiro atoms. The lowest BCUT2D eigenvalue weighted by atomic mass is 10.0. The number of fused-ring (bicyclic) bond motifs is 1. The van der Waals surface area contributed by atoms with E-state index in [-0.39, 0.29) is 11.9 Å². The number of anilines is 1. The number of hydrogen-bond acceptors (Lipinski definition) is 7. The van der Waals surface area contributed by atoms with Crippen molar-refractivity contribution in [1.82, 2.24) is 9.88 Å². The molecule has 2 aliphatic heterocycles. The predicted molar refractivity (Wildman–Crippen MR) is 113 cm³/mol. The van der Waals surface area contributed by atoms with Crippen molar-refractivity contribution in [1.29, 1.82) is 0 Å². The first kappa shape index (κ1) is 20.6. The van der Waals surface area contributed by atoms with E-state index in [1.54, 1.807) is 24.4 Å². The molecule has 30 heavy (non-hydrogen) atoms. The van der Waals surface area contributed by atoms with E-state index in [4.69, 9.17) is 10.5 Å². The maximum absolute atomic E-state index is 11.8. The van der Waals surface area contributed by atoms with Gasteiger partial charge in [0.2, 0.25) is 0 Å². The Hall–Kier alpha value is -2.69. The summed E-state index contributed by atoms with van der Waals surface area (Å²) in [6, 6.07) is 8.74. The van der Waals surface area contributed by atoms with Crippen molar-refractivity contribution in [3.05, 3.63) is 53.3 Å². The highest BCUT2D eigenvalue weighted by Gasteiger charge is 2.30. The van der Waals surface area contributed by atoms with Crippen LogP contribution in [0.1, 0.15) is 42.3 Å². The molecule has 1 unspecified atom stereocenters. The molecule has 2 aliphatic rings. The smallest absolute Gasteiger partial charge is 0.344 e. The first-order valence-electron chi connectivity index (χ1n) is 9.85. The van der Waals surface area contributed by atoms with Gasteiger partial charge in [0.05, 0.1) is 11.3 Å². The van der Waals surface area contributed by atoms with Crippen LogP contribution >= 0.6 is 0 Å². The Morgan fingerprint density at radius 1 is 1.37 bits per heavy atom. The minimum atomic E-state index is -3.84. The fourth-order valence-electron chi connectivity index (χ4n) is 3.97.